The molecule has 1 aliphatic heterocycles. The van der Waals surface area contributed by atoms with E-state index in [0.717, 1.165) is 11.1 Å². The molecule has 0 aromatic heterocycles. The molecule has 0 spiro atoms. The first-order valence-corrected chi connectivity index (χ1v) is 10.2. The van der Waals surface area contributed by atoms with Gasteiger partial charge in [-0.3, -0.25) is 14.6 Å². The minimum atomic E-state index is -0.122. The van der Waals surface area contributed by atoms with Gasteiger partial charge in [-0.2, -0.15) is 0 Å². The maximum atomic E-state index is 12.7. The molecule has 0 radical (unpaired) electrons. The fourth-order valence-corrected chi connectivity index (χ4v) is 3.47. The Morgan fingerprint density at radius 2 is 1.90 bits per heavy atom. The van der Waals surface area contributed by atoms with Crippen LogP contribution in [0, 0.1) is 0 Å². The van der Waals surface area contributed by atoms with E-state index in [1.807, 2.05) is 52.3 Å². The summed E-state index contributed by atoms with van der Waals surface area (Å²) in [7, 11) is 3.31. The van der Waals surface area contributed by atoms with Crippen LogP contribution in [0.5, 0.6) is 0 Å². The van der Waals surface area contributed by atoms with Crippen molar-refractivity contribution in [2.24, 2.45) is 4.99 Å². The smallest absolute Gasteiger partial charge is 0.251 e. The molecule has 7 nitrogen and oxygen atoms in total. The van der Waals surface area contributed by atoms with Gasteiger partial charge >= 0.3 is 0 Å². The van der Waals surface area contributed by atoms with Crippen LogP contribution < -0.4 is 10.6 Å². The van der Waals surface area contributed by atoms with Gasteiger partial charge in [-0.05, 0) is 35.4 Å². The molecule has 0 unspecified atom stereocenters. The lowest BCUT2D eigenvalue weighted by molar-refractivity contribution is -0.135. The van der Waals surface area contributed by atoms with Gasteiger partial charge < -0.3 is 20.4 Å². The molecule has 1 saturated heterocycles. The number of guanidine groups is 1. The second-order valence-corrected chi connectivity index (χ2v) is 7.48. The number of piperazine rings is 1. The molecule has 30 heavy (non-hydrogen) atoms. The first-order chi connectivity index (χ1) is 14.5. The summed E-state index contributed by atoms with van der Waals surface area (Å²) in [4.78, 5) is 32.6. The molecular weight excluding hydrogens is 402 g/mol. The Bertz CT molecular complexity index is 929. The van der Waals surface area contributed by atoms with Crippen molar-refractivity contribution >= 4 is 29.4 Å². The van der Waals surface area contributed by atoms with Crippen LogP contribution in [0.2, 0.25) is 5.02 Å². The van der Waals surface area contributed by atoms with Crippen LogP contribution in [0.4, 0.5) is 0 Å². The van der Waals surface area contributed by atoms with Crippen molar-refractivity contribution < 1.29 is 9.59 Å². The molecule has 0 atom stereocenters. The largest absolute Gasteiger partial charge is 0.355 e. The summed E-state index contributed by atoms with van der Waals surface area (Å²) in [5.74, 6) is 0.601. The number of hydrogen-bond donors (Lipinski definition) is 2. The number of benzene rings is 2. The van der Waals surface area contributed by atoms with Crippen LogP contribution >= 0.6 is 11.6 Å². The van der Waals surface area contributed by atoms with Crippen molar-refractivity contribution in [2.75, 3.05) is 33.7 Å². The van der Waals surface area contributed by atoms with Crippen molar-refractivity contribution in [3.8, 4) is 0 Å². The van der Waals surface area contributed by atoms with Gasteiger partial charge in [0.1, 0.15) is 0 Å². The van der Waals surface area contributed by atoms with Crippen molar-refractivity contribution in [2.45, 2.75) is 13.1 Å². The lowest BCUT2D eigenvalue weighted by Crippen LogP contribution is -2.54. The van der Waals surface area contributed by atoms with Crippen LogP contribution in [0.1, 0.15) is 21.5 Å². The fourth-order valence-electron chi connectivity index (χ4n) is 3.35. The first kappa shape index (κ1) is 21.6. The van der Waals surface area contributed by atoms with Crippen molar-refractivity contribution in [3.05, 3.63) is 70.2 Å². The zero-order chi connectivity index (χ0) is 21.5. The third-order valence-corrected chi connectivity index (χ3v) is 5.24. The monoisotopic (exact) mass is 427 g/mol. The number of halogens is 1. The number of rotatable bonds is 5. The first-order valence-electron chi connectivity index (χ1n) is 9.79. The highest BCUT2D eigenvalue weighted by Gasteiger charge is 2.26. The number of aliphatic imine (C=N–C) groups is 1. The molecule has 0 aliphatic carbocycles. The van der Waals surface area contributed by atoms with E-state index in [0.29, 0.717) is 42.7 Å². The highest BCUT2D eigenvalue weighted by Crippen LogP contribution is 2.14. The summed E-state index contributed by atoms with van der Waals surface area (Å²) in [6, 6.07) is 15.0. The molecule has 1 fully saturated rings. The fraction of sp³-hybridized carbons (Fsp3) is 0.318. The van der Waals surface area contributed by atoms with Crippen LogP contribution in [0.25, 0.3) is 0 Å². The van der Waals surface area contributed by atoms with E-state index in [9.17, 15) is 9.59 Å². The van der Waals surface area contributed by atoms with E-state index >= 15 is 0 Å². The molecule has 2 aromatic rings. The number of amides is 2. The highest BCUT2D eigenvalue weighted by atomic mass is 35.5. The zero-order valence-corrected chi connectivity index (χ0v) is 17.9. The summed E-state index contributed by atoms with van der Waals surface area (Å²) < 4.78 is 0. The molecule has 2 N–H and O–H groups in total. The average molecular weight is 428 g/mol. The topological polar surface area (TPSA) is 77.0 Å². The Balaban J connectivity index is 1.56. The summed E-state index contributed by atoms with van der Waals surface area (Å²) in [5.41, 5.74) is 2.63. The molecule has 2 aromatic carbocycles. The minimum Gasteiger partial charge on any atom is -0.355 e. The minimum absolute atomic E-state index is 0.0563. The highest BCUT2D eigenvalue weighted by molar-refractivity contribution is 6.30. The normalized spacial score (nSPS) is 14.6. The van der Waals surface area contributed by atoms with Crippen LogP contribution in [-0.4, -0.2) is 61.3 Å². The molecular formula is C22H26ClN5O2. The Hall–Kier alpha value is -3.06. The van der Waals surface area contributed by atoms with Crippen molar-refractivity contribution in [3.63, 3.8) is 0 Å². The third-order valence-electron chi connectivity index (χ3n) is 4.98. The van der Waals surface area contributed by atoms with Crippen molar-refractivity contribution in [1.82, 2.24) is 20.4 Å². The van der Waals surface area contributed by atoms with E-state index in [2.05, 4.69) is 15.6 Å². The number of carbonyl (C=O) groups excluding carboxylic acids is 2. The van der Waals surface area contributed by atoms with E-state index < -0.39 is 0 Å². The number of carbonyl (C=O) groups is 2. The van der Waals surface area contributed by atoms with E-state index in [4.69, 9.17) is 11.6 Å². The lowest BCUT2D eigenvalue weighted by atomic mass is 10.1. The lowest BCUT2D eigenvalue weighted by Gasteiger charge is -2.36. The maximum Gasteiger partial charge on any atom is 0.251 e. The molecule has 158 valence electrons. The van der Waals surface area contributed by atoms with Gasteiger partial charge in [-0.15, -0.1) is 0 Å². The second kappa shape index (κ2) is 10.1. The van der Waals surface area contributed by atoms with E-state index in [-0.39, 0.29) is 18.4 Å². The number of nitrogens with zero attached hydrogens (tertiary/aromatic N) is 3. The quantitative estimate of drug-likeness (QED) is 0.566. The van der Waals surface area contributed by atoms with Gasteiger partial charge in [0, 0.05) is 50.9 Å². The number of nitrogens with one attached hydrogen (secondary N) is 2. The Morgan fingerprint density at radius 1 is 1.13 bits per heavy atom. The molecule has 1 heterocycles. The summed E-state index contributed by atoms with van der Waals surface area (Å²) >= 11 is 5.93. The van der Waals surface area contributed by atoms with Gasteiger partial charge in [0.15, 0.2) is 5.96 Å². The van der Waals surface area contributed by atoms with Gasteiger partial charge in [-0.1, -0.05) is 35.9 Å². The summed E-state index contributed by atoms with van der Waals surface area (Å²) in [6.07, 6.45) is 0. The molecule has 2 amide bonds. The predicted octanol–water partition coefficient (Wildman–Crippen LogP) is 2.12. The van der Waals surface area contributed by atoms with Crippen LogP contribution in [-0.2, 0) is 17.9 Å². The summed E-state index contributed by atoms with van der Waals surface area (Å²) in [6.45, 7) is 2.66. The second-order valence-electron chi connectivity index (χ2n) is 7.04. The van der Waals surface area contributed by atoms with Crippen molar-refractivity contribution in [1.29, 1.82) is 0 Å². The van der Waals surface area contributed by atoms with E-state index in [1.165, 1.54) is 0 Å². The van der Waals surface area contributed by atoms with Gasteiger partial charge in [-0.25, -0.2) is 0 Å². The molecule has 1 aliphatic rings. The molecule has 8 heteroatoms. The van der Waals surface area contributed by atoms with Crippen LogP contribution in [0.3, 0.4) is 0 Å². The molecule has 0 bridgehead atoms. The van der Waals surface area contributed by atoms with Gasteiger partial charge in [0.05, 0.1) is 6.54 Å². The standard InChI is InChI=1S/C22H26ClN5O2/c1-24-21(30)18-5-3-4-17(12-18)13-26-22(25-2)28-11-10-27(20(29)15-28)14-16-6-8-19(23)9-7-16/h3-9,12H,10-11,13-15H2,1-2H3,(H,24,30)(H,25,26). The predicted molar refractivity (Wildman–Crippen MR) is 118 cm³/mol. The molecule has 3 rings (SSSR count). The SMILES string of the molecule is CN=C(NCc1cccc(C(=O)NC)c1)N1CCN(Cc2ccc(Cl)cc2)C(=O)C1. The van der Waals surface area contributed by atoms with Crippen LogP contribution in [0.15, 0.2) is 53.5 Å². The zero-order valence-electron chi connectivity index (χ0n) is 17.2. The Kier molecular flexibility index (Phi) is 7.30. The summed E-state index contributed by atoms with van der Waals surface area (Å²) in [5, 5.41) is 6.60. The molecule has 0 saturated carbocycles. The average Bonchev–Trinajstić information content (AvgIpc) is 2.77. The Labute approximate surface area is 181 Å². The van der Waals surface area contributed by atoms with E-state index in [1.54, 1.807) is 20.2 Å². The maximum absolute atomic E-state index is 12.7. The third kappa shape index (κ3) is 5.51. The van der Waals surface area contributed by atoms with Gasteiger partial charge in [0.2, 0.25) is 5.91 Å². The number of hydrogen-bond acceptors (Lipinski definition) is 3. The van der Waals surface area contributed by atoms with Gasteiger partial charge in [0.25, 0.3) is 5.91 Å². The Morgan fingerprint density at radius 3 is 2.57 bits per heavy atom.